The Labute approximate surface area is 182 Å². The summed E-state index contributed by atoms with van der Waals surface area (Å²) < 4.78 is 5.09. The molecule has 0 radical (unpaired) electrons. The Morgan fingerprint density at radius 1 is 1.00 bits per heavy atom. The largest absolute Gasteiger partial charge is 0.444 e. The second-order valence-electron chi connectivity index (χ2n) is 8.07. The highest BCUT2D eigenvalue weighted by molar-refractivity contribution is 5.94. The molecule has 2 aromatic carbocycles. The molecule has 164 valence electrons. The van der Waals surface area contributed by atoms with E-state index in [9.17, 15) is 14.4 Å². The minimum absolute atomic E-state index is 0.209. The van der Waals surface area contributed by atoms with Crippen molar-refractivity contribution in [3.05, 3.63) is 71.3 Å². The highest BCUT2D eigenvalue weighted by Crippen LogP contribution is 2.11. The van der Waals surface area contributed by atoms with Gasteiger partial charge in [0.2, 0.25) is 11.8 Å². The smallest absolute Gasteiger partial charge is 0.408 e. The van der Waals surface area contributed by atoms with Crippen LogP contribution in [0.3, 0.4) is 0 Å². The summed E-state index contributed by atoms with van der Waals surface area (Å²) in [5.74, 6) is -0.593. The third-order valence-electron chi connectivity index (χ3n) is 3.97. The monoisotopic (exact) mass is 423 g/mol. The molecule has 0 bridgehead atoms. The summed E-state index contributed by atoms with van der Waals surface area (Å²) in [6.45, 7) is 7.35. The van der Waals surface area contributed by atoms with Gasteiger partial charge in [-0.25, -0.2) is 4.79 Å². The van der Waals surface area contributed by atoms with Gasteiger partial charge in [-0.3, -0.25) is 9.59 Å². The zero-order chi connectivity index (χ0) is 22.9. The second kappa shape index (κ2) is 11.0. The number of hydrogen-bond acceptors (Lipinski definition) is 4. The van der Waals surface area contributed by atoms with Gasteiger partial charge >= 0.3 is 6.09 Å². The van der Waals surface area contributed by atoms with Crippen LogP contribution in [0.5, 0.6) is 0 Å². The van der Waals surface area contributed by atoms with Crippen molar-refractivity contribution in [2.45, 2.75) is 39.8 Å². The first-order valence-corrected chi connectivity index (χ1v) is 9.99. The molecule has 31 heavy (non-hydrogen) atoms. The number of carbonyl (C=O) groups excluding carboxylic acids is 3. The van der Waals surface area contributed by atoms with Crippen molar-refractivity contribution < 1.29 is 19.1 Å². The number of aryl methyl sites for hydroxylation is 1. The SMILES string of the molecule is Cc1ccc(/C=C/C(=O)NCc2cccc(NC(=O)CNC(=O)OC(C)(C)C)c2)cc1. The van der Waals surface area contributed by atoms with Gasteiger partial charge in [0.25, 0.3) is 0 Å². The number of amides is 3. The molecule has 0 atom stereocenters. The van der Waals surface area contributed by atoms with Crippen LogP contribution in [-0.2, 0) is 20.9 Å². The molecule has 0 aliphatic heterocycles. The minimum atomic E-state index is -0.655. The molecular weight excluding hydrogens is 394 g/mol. The molecule has 0 aliphatic carbocycles. The van der Waals surface area contributed by atoms with Crippen LogP contribution in [0.25, 0.3) is 6.08 Å². The van der Waals surface area contributed by atoms with Gasteiger partial charge in [0.05, 0.1) is 0 Å². The predicted octanol–water partition coefficient (Wildman–Crippen LogP) is 3.79. The standard InChI is InChI=1S/C24H29N3O4/c1-17-8-10-18(11-9-17)12-13-21(28)25-15-19-6-5-7-20(14-19)27-22(29)16-26-23(30)31-24(2,3)4/h5-14H,15-16H2,1-4H3,(H,25,28)(H,26,30)(H,27,29)/b13-12+. The van der Waals surface area contributed by atoms with E-state index in [1.807, 2.05) is 37.3 Å². The van der Waals surface area contributed by atoms with Crippen molar-refractivity contribution in [2.24, 2.45) is 0 Å². The maximum atomic E-state index is 12.0. The van der Waals surface area contributed by atoms with Crippen molar-refractivity contribution in [2.75, 3.05) is 11.9 Å². The number of benzene rings is 2. The maximum Gasteiger partial charge on any atom is 0.408 e. The fourth-order valence-corrected chi connectivity index (χ4v) is 2.53. The van der Waals surface area contributed by atoms with Crippen molar-refractivity contribution in [3.63, 3.8) is 0 Å². The number of hydrogen-bond donors (Lipinski definition) is 3. The Morgan fingerprint density at radius 3 is 2.39 bits per heavy atom. The Kier molecular flexibility index (Phi) is 8.37. The molecule has 0 heterocycles. The first kappa shape index (κ1) is 23.7. The molecule has 0 spiro atoms. The molecule has 0 unspecified atom stereocenters. The zero-order valence-corrected chi connectivity index (χ0v) is 18.3. The van der Waals surface area contributed by atoms with Crippen molar-refractivity contribution in [3.8, 4) is 0 Å². The summed E-state index contributed by atoms with van der Waals surface area (Å²) in [5, 5.41) is 7.92. The normalized spacial score (nSPS) is 11.1. The lowest BCUT2D eigenvalue weighted by molar-refractivity contribution is -0.117. The van der Waals surface area contributed by atoms with Gasteiger partial charge in [-0.1, -0.05) is 42.0 Å². The summed E-state index contributed by atoms with van der Waals surface area (Å²) >= 11 is 0. The average Bonchev–Trinajstić information content (AvgIpc) is 2.69. The van der Waals surface area contributed by atoms with E-state index < -0.39 is 11.7 Å². The van der Waals surface area contributed by atoms with Crippen molar-refractivity contribution in [1.29, 1.82) is 0 Å². The van der Waals surface area contributed by atoms with Crippen LogP contribution >= 0.6 is 0 Å². The highest BCUT2D eigenvalue weighted by atomic mass is 16.6. The van der Waals surface area contributed by atoms with Crippen LogP contribution in [-0.4, -0.2) is 30.1 Å². The predicted molar refractivity (Wildman–Crippen MR) is 121 cm³/mol. The summed E-state index contributed by atoms with van der Waals surface area (Å²) in [7, 11) is 0. The van der Waals surface area contributed by atoms with E-state index in [0.29, 0.717) is 12.2 Å². The molecule has 7 heteroatoms. The van der Waals surface area contributed by atoms with Crippen LogP contribution in [0.1, 0.15) is 37.5 Å². The summed E-state index contributed by atoms with van der Waals surface area (Å²) in [4.78, 5) is 35.7. The molecule has 0 aliphatic rings. The molecule has 0 saturated heterocycles. The third kappa shape index (κ3) is 9.62. The van der Waals surface area contributed by atoms with Crippen LogP contribution in [0.2, 0.25) is 0 Å². The first-order chi connectivity index (χ1) is 14.6. The third-order valence-corrected chi connectivity index (χ3v) is 3.97. The van der Waals surface area contributed by atoms with Crippen molar-refractivity contribution in [1.82, 2.24) is 10.6 Å². The lowest BCUT2D eigenvalue weighted by Gasteiger charge is -2.19. The van der Waals surface area contributed by atoms with E-state index >= 15 is 0 Å². The van der Waals surface area contributed by atoms with Crippen LogP contribution in [0, 0.1) is 6.92 Å². The second-order valence-corrected chi connectivity index (χ2v) is 8.07. The van der Waals surface area contributed by atoms with E-state index in [2.05, 4.69) is 16.0 Å². The van der Waals surface area contributed by atoms with Gasteiger partial charge in [-0.05, 0) is 57.0 Å². The Balaban J connectivity index is 1.80. The lowest BCUT2D eigenvalue weighted by atomic mass is 10.1. The topological polar surface area (TPSA) is 96.5 Å². The van der Waals surface area contributed by atoms with Crippen LogP contribution in [0.4, 0.5) is 10.5 Å². The first-order valence-electron chi connectivity index (χ1n) is 9.99. The van der Waals surface area contributed by atoms with Gasteiger partial charge < -0.3 is 20.7 Å². The molecule has 0 aromatic heterocycles. The van der Waals surface area contributed by atoms with Gasteiger partial charge in [0.15, 0.2) is 0 Å². The van der Waals surface area contributed by atoms with E-state index in [1.54, 1.807) is 45.0 Å². The Morgan fingerprint density at radius 2 is 1.71 bits per heavy atom. The average molecular weight is 424 g/mol. The van der Waals surface area contributed by atoms with E-state index in [4.69, 9.17) is 4.74 Å². The minimum Gasteiger partial charge on any atom is -0.444 e. The fourth-order valence-electron chi connectivity index (χ4n) is 2.53. The molecule has 7 nitrogen and oxygen atoms in total. The summed E-state index contributed by atoms with van der Waals surface area (Å²) in [6, 6.07) is 15.0. The van der Waals surface area contributed by atoms with Gasteiger partial charge in [0.1, 0.15) is 12.1 Å². The molecule has 3 N–H and O–H groups in total. The molecule has 0 saturated carbocycles. The molecule has 3 amide bonds. The quantitative estimate of drug-likeness (QED) is 0.591. The molecule has 2 aromatic rings. The van der Waals surface area contributed by atoms with E-state index in [0.717, 1.165) is 16.7 Å². The fraction of sp³-hybridized carbons (Fsp3) is 0.292. The van der Waals surface area contributed by atoms with E-state index in [-0.39, 0.29) is 18.4 Å². The molecular formula is C24H29N3O4. The van der Waals surface area contributed by atoms with Gasteiger partial charge in [-0.15, -0.1) is 0 Å². The maximum absolute atomic E-state index is 12.0. The van der Waals surface area contributed by atoms with Gasteiger partial charge in [0, 0.05) is 18.3 Å². The Hall–Kier alpha value is -3.61. The van der Waals surface area contributed by atoms with E-state index in [1.165, 1.54) is 6.08 Å². The molecule has 0 fully saturated rings. The highest BCUT2D eigenvalue weighted by Gasteiger charge is 2.16. The number of nitrogens with one attached hydrogen (secondary N) is 3. The lowest BCUT2D eigenvalue weighted by Crippen LogP contribution is -2.37. The Bertz CT molecular complexity index is 944. The number of alkyl carbamates (subject to hydrolysis) is 1. The number of rotatable bonds is 7. The van der Waals surface area contributed by atoms with Crippen molar-refractivity contribution >= 4 is 29.7 Å². The van der Waals surface area contributed by atoms with Gasteiger partial charge in [-0.2, -0.15) is 0 Å². The summed E-state index contributed by atoms with van der Waals surface area (Å²) in [5.41, 5.74) is 2.88. The van der Waals surface area contributed by atoms with Crippen LogP contribution < -0.4 is 16.0 Å². The number of anilines is 1. The summed E-state index contributed by atoms with van der Waals surface area (Å²) in [6.07, 6.45) is 2.58. The number of carbonyl (C=O) groups is 3. The number of ether oxygens (including phenoxy) is 1. The molecule has 2 rings (SSSR count). The van der Waals surface area contributed by atoms with Crippen LogP contribution in [0.15, 0.2) is 54.6 Å². The zero-order valence-electron chi connectivity index (χ0n) is 18.3.